The third kappa shape index (κ3) is 3.38. The zero-order valence-electron chi connectivity index (χ0n) is 10.8. The number of hydrogen-bond acceptors (Lipinski definition) is 2. The monoisotopic (exact) mass is 274 g/mol. The number of aryl methyl sites for hydroxylation is 1. The van der Waals surface area contributed by atoms with E-state index in [1.54, 1.807) is 12.1 Å². The minimum Gasteiger partial charge on any atom is -0.423 e. The van der Waals surface area contributed by atoms with Gasteiger partial charge in [0, 0.05) is 10.5 Å². The van der Waals surface area contributed by atoms with Crippen molar-refractivity contribution in [3.05, 3.63) is 53.1 Å². The lowest BCUT2D eigenvalue weighted by molar-refractivity contribution is 0.426. The Balaban J connectivity index is 2.29. The quantitative estimate of drug-likeness (QED) is 0.842. The van der Waals surface area contributed by atoms with Crippen LogP contribution in [0, 0.1) is 0 Å². The van der Waals surface area contributed by atoms with Crippen LogP contribution in [0.3, 0.4) is 0 Å². The summed E-state index contributed by atoms with van der Waals surface area (Å²) in [5.74, 6) is 0. The van der Waals surface area contributed by atoms with Gasteiger partial charge in [-0.2, -0.15) is 0 Å². The average molecular weight is 275 g/mol. The molecule has 0 aromatic heterocycles. The lowest BCUT2D eigenvalue weighted by Gasteiger charge is -2.07. The highest BCUT2D eigenvalue weighted by Gasteiger charge is 2.15. The number of halogens is 1. The van der Waals surface area contributed by atoms with Crippen molar-refractivity contribution in [3.8, 4) is 11.1 Å². The molecule has 2 aromatic rings. The van der Waals surface area contributed by atoms with Crippen molar-refractivity contribution in [2.45, 2.75) is 19.8 Å². The van der Waals surface area contributed by atoms with Crippen LogP contribution in [0.2, 0.25) is 5.02 Å². The molecule has 0 amide bonds. The first-order valence-electron chi connectivity index (χ1n) is 6.36. The average Bonchev–Trinajstić information content (AvgIpc) is 2.39. The zero-order chi connectivity index (χ0) is 13.8. The summed E-state index contributed by atoms with van der Waals surface area (Å²) < 4.78 is 0. The van der Waals surface area contributed by atoms with Gasteiger partial charge in [0.15, 0.2) is 0 Å². The highest BCUT2D eigenvalue weighted by atomic mass is 35.5. The Kier molecular flexibility index (Phi) is 4.64. The maximum absolute atomic E-state index is 9.13. The molecular weight excluding hydrogens is 258 g/mol. The van der Waals surface area contributed by atoms with Gasteiger partial charge in [0.2, 0.25) is 0 Å². The fraction of sp³-hybridized carbons (Fsp3) is 0.200. The first kappa shape index (κ1) is 14.1. The summed E-state index contributed by atoms with van der Waals surface area (Å²) in [6.07, 6.45) is 2.21. The summed E-state index contributed by atoms with van der Waals surface area (Å²) in [6, 6.07) is 13.6. The summed E-state index contributed by atoms with van der Waals surface area (Å²) in [5.41, 5.74) is 3.69. The molecule has 2 N–H and O–H groups in total. The highest BCUT2D eigenvalue weighted by molar-refractivity contribution is 6.62. The van der Waals surface area contributed by atoms with Crippen LogP contribution >= 0.6 is 11.6 Å². The molecule has 0 bridgehead atoms. The van der Waals surface area contributed by atoms with Gasteiger partial charge in [-0.15, -0.1) is 0 Å². The van der Waals surface area contributed by atoms with E-state index in [9.17, 15) is 0 Å². The van der Waals surface area contributed by atoms with Gasteiger partial charge >= 0.3 is 7.12 Å². The van der Waals surface area contributed by atoms with Crippen LogP contribution in [0.5, 0.6) is 0 Å². The molecule has 0 heterocycles. The van der Waals surface area contributed by atoms with E-state index in [2.05, 4.69) is 31.2 Å². The highest BCUT2D eigenvalue weighted by Crippen LogP contribution is 2.22. The SMILES string of the molecule is CCCc1ccc(-c2ccc(B(O)O)c(Cl)c2)cc1. The summed E-state index contributed by atoms with van der Waals surface area (Å²) in [6.45, 7) is 2.16. The second kappa shape index (κ2) is 6.24. The fourth-order valence-electron chi connectivity index (χ4n) is 2.07. The van der Waals surface area contributed by atoms with Crippen molar-refractivity contribution in [3.63, 3.8) is 0 Å². The van der Waals surface area contributed by atoms with Crippen LogP contribution in [-0.2, 0) is 6.42 Å². The van der Waals surface area contributed by atoms with Crippen LogP contribution < -0.4 is 5.46 Å². The van der Waals surface area contributed by atoms with Crippen LogP contribution in [0.15, 0.2) is 42.5 Å². The Morgan fingerprint density at radius 1 is 1.00 bits per heavy atom. The molecule has 0 atom stereocenters. The van der Waals surface area contributed by atoms with Gasteiger partial charge in [-0.1, -0.05) is 61.3 Å². The van der Waals surface area contributed by atoms with E-state index in [4.69, 9.17) is 21.6 Å². The first-order valence-corrected chi connectivity index (χ1v) is 6.74. The van der Waals surface area contributed by atoms with E-state index in [1.807, 2.05) is 6.07 Å². The largest absolute Gasteiger partial charge is 0.489 e. The van der Waals surface area contributed by atoms with Crippen LogP contribution in [-0.4, -0.2) is 17.2 Å². The zero-order valence-corrected chi connectivity index (χ0v) is 11.6. The number of benzene rings is 2. The Morgan fingerprint density at radius 3 is 2.16 bits per heavy atom. The third-order valence-corrected chi connectivity index (χ3v) is 3.43. The van der Waals surface area contributed by atoms with Crippen LogP contribution in [0.4, 0.5) is 0 Å². The number of rotatable bonds is 4. The molecule has 0 aliphatic carbocycles. The minimum atomic E-state index is -1.53. The molecule has 0 fully saturated rings. The van der Waals surface area contributed by atoms with Crippen LogP contribution in [0.25, 0.3) is 11.1 Å². The fourth-order valence-corrected chi connectivity index (χ4v) is 2.35. The van der Waals surface area contributed by atoms with E-state index in [0.717, 1.165) is 24.0 Å². The molecule has 0 unspecified atom stereocenters. The summed E-state index contributed by atoms with van der Waals surface area (Å²) in [7, 11) is -1.53. The Bertz CT molecular complexity index is 553. The topological polar surface area (TPSA) is 40.5 Å². The van der Waals surface area contributed by atoms with Crippen molar-refractivity contribution >= 4 is 24.2 Å². The van der Waals surface area contributed by atoms with E-state index in [-0.39, 0.29) is 0 Å². The van der Waals surface area contributed by atoms with Crippen molar-refractivity contribution < 1.29 is 10.0 Å². The van der Waals surface area contributed by atoms with E-state index < -0.39 is 7.12 Å². The molecule has 2 aromatic carbocycles. The lowest BCUT2D eigenvalue weighted by Crippen LogP contribution is -2.30. The van der Waals surface area contributed by atoms with Gasteiger partial charge < -0.3 is 10.0 Å². The smallest absolute Gasteiger partial charge is 0.423 e. The maximum Gasteiger partial charge on any atom is 0.489 e. The molecule has 2 rings (SSSR count). The van der Waals surface area contributed by atoms with Crippen molar-refractivity contribution in [1.82, 2.24) is 0 Å². The Morgan fingerprint density at radius 2 is 1.63 bits per heavy atom. The van der Waals surface area contributed by atoms with Gasteiger partial charge in [-0.3, -0.25) is 0 Å². The van der Waals surface area contributed by atoms with E-state index in [1.165, 1.54) is 5.56 Å². The summed E-state index contributed by atoms with van der Waals surface area (Å²) in [4.78, 5) is 0. The summed E-state index contributed by atoms with van der Waals surface area (Å²) >= 11 is 6.04. The molecule has 0 saturated heterocycles. The molecule has 0 radical (unpaired) electrons. The second-order valence-corrected chi connectivity index (χ2v) is 4.96. The standard InChI is InChI=1S/C15H16BClO2/c1-2-3-11-4-6-12(7-5-11)13-8-9-14(16(18)19)15(17)10-13/h4-10,18-19H,2-3H2,1H3. The third-order valence-electron chi connectivity index (χ3n) is 3.10. The van der Waals surface area contributed by atoms with Gasteiger partial charge in [-0.05, 0) is 29.2 Å². The van der Waals surface area contributed by atoms with Gasteiger partial charge in [0.05, 0.1) is 0 Å². The molecule has 0 saturated carbocycles. The van der Waals surface area contributed by atoms with Crippen molar-refractivity contribution in [2.75, 3.05) is 0 Å². The predicted molar refractivity (Wildman–Crippen MR) is 80.7 cm³/mol. The van der Waals surface area contributed by atoms with E-state index in [0.29, 0.717) is 10.5 Å². The first-order chi connectivity index (χ1) is 9.11. The van der Waals surface area contributed by atoms with E-state index >= 15 is 0 Å². The van der Waals surface area contributed by atoms with Gasteiger partial charge in [0.1, 0.15) is 0 Å². The predicted octanol–water partition coefficient (Wildman–Crippen LogP) is 2.64. The molecule has 4 heteroatoms. The van der Waals surface area contributed by atoms with Gasteiger partial charge in [0.25, 0.3) is 0 Å². The normalized spacial score (nSPS) is 10.5. The molecule has 0 spiro atoms. The molecule has 0 aliphatic rings. The molecule has 0 aliphatic heterocycles. The molecular formula is C15H16BClO2. The lowest BCUT2D eigenvalue weighted by atomic mass is 9.79. The summed E-state index contributed by atoms with van der Waals surface area (Å²) in [5, 5.41) is 18.6. The molecule has 98 valence electrons. The Labute approximate surface area is 118 Å². The Hall–Kier alpha value is -1.29. The minimum absolute atomic E-state index is 0.327. The van der Waals surface area contributed by atoms with Crippen molar-refractivity contribution in [1.29, 1.82) is 0 Å². The molecule has 2 nitrogen and oxygen atoms in total. The van der Waals surface area contributed by atoms with Gasteiger partial charge in [-0.25, -0.2) is 0 Å². The van der Waals surface area contributed by atoms with Crippen molar-refractivity contribution in [2.24, 2.45) is 0 Å². The number of hydrogen-bond donors (Lipinski definition) is 2. The van der Waals surface area contributed by atoms with Crippen LogP contribution in [0.1, 0.15) is 18.9 Å². The molecule has 19 heavy (non-hydrogen) atoms. The second-order valence-electron chi connectivity index (χ2n) is 4.56. The maximum atomic E-state index is 9.13.